The van der Waals surface area contributed by atoms with E-state index in [1.165, 1.54) is 17.7 Å². The van der Waals surface area contributed by atoms with E-state index in [0.717, 1.165) is 31.1 Å². The van der Waals surface area contributed by atoms with Crippen LogP contribution < -0.4 is 10.1 Å². The molecule has 0 aliphatic rings. The number of anilines is 1. The third-order valence-electron chi connectivity index (χ3n) is 3.30. The highest BCUT2D eigenvalue weighted by Crippen LogP contribution is 2.18. The number of rotatable bonds is 7. The van der Waals surface area contributed by atoms with E-state index < -0.39 is 0 Å². The van der Waals surface area contributed by atoms with Crippen molar-refractivity contribution in [2.45, 2.75) is 6.54 Å². The molecule has 0 atom stereocenters. The molecular weight excluding hydrogens is 267 g/mol. The highest BCUT2D eigenvalue weighted by Gasteiger charge is 2.05. The minimum Gasteiger partial charge on any atom is -0.496 e. The Morgan fingerprint density at radius 1 is 1.10 bits per heavy atom. The summed E-state index contributed by atoms with van der Waals surface area (Å²) in [7, 11) is 3.76. The first-order chi connectivity index (χ1) is 10.2. The van der Waals surface area contributed by atoms with Crippen LogP contribution in [0.15, 0.2) is 48.5 Å². The molecule has 2 aromatic rings. The molecule has 0 unspecified atom stereocenters. The fourth-order valence-electron chi connectivity index (χ4n) is 2.16. The maximum atomic E-state index is 12.8. The van der Waals surface area contributed by atoms with E-state index >= 15 is 0 Å². The summed E-state index contributed by atoms with van der Waals surface area (Å²) in [4.78, 5) is 2.22. The van der Waals surface area contributed by atoms with Gasteiger partial charge in [0.1, 0.15) is 11.6 Å². The Balaban J connectivity index is 1.79. The average Bonchev–Trinajstić information content (AvgIpc) is 2.50. The predicted molar refractivity (Wildman–Crippen MR) is 84.2 cm³/mol. The first-order valence-corrected chi connectivity index (χ1v) is 6.99. The summed E-state index contributed by atoms with van der Waals surface area (Å²) < 4.78 is 18.2. The molecule has 0 radical (unpaired) electrons. The summed E-state index contributed by atoms with van der Waals surface area (Å²) in [6, 6.07) is 14.4. The molecule has 3 nitrogen and oxygen atoms in total. The number of methoxy groups -OCH3 is 1. The minimum atomic E-state index is -0.214. The van der Waals surface area contributed by atoms with Gasteiger partial charge in [0.05, 0.1) is 7.11 Å². The maximum Gasteiger partial charge on any atom is 0.123 e. The van der Waals surface area contributed by atoms with Crippen molar-refractivity contribution in [3.8, 4) is 5.75 Å². The van der Waals surface area contributed by atoms with Gasteiger partial charge in [-0.15, -0.1) is 0 Å². The Morgan fingerprint density at radius 2 is 1.81 bits per heavy atom. The Bertz CT molecular complexity index is 557. The number of para-hydroxylation sites is 1. The van der Waals surface area contributed by atoms with Gasteiger partial charge in [0, 0.05) is 30.9 Å². The van der Waals surface area contributed by atoms with Crippen LogP contribution >= 0.6 is 0 Å². The van der Waals surface area contributed by atoms with Crippen LogP contribution in [0.3, 0.4) is 0 Å². The van der Waals surface area contributed by atoms with Crippen molar-refractivity contribution in [3.63, 3.8) is 0 Å². The van der Waals surface area contributed by atoms with Gasteiger partial charge in [-0.05, 0) is 37.4 Å². The van der Waals surface area contributed by atoms with Crippen LogP contribution in [0.4, 0.5) is 10.1 Å². The van der Waals surface area contributed by atoms with Gasteiger partial charge in [0.25, 0.3) is 0 Å². The van der Waals surface area contributed by atoms with Crippen molar-refractivity contribution in [1.82, 2.24) is 4.90 Å². The Hall–Kier alpha value is -2.07. The first-order valence-electron chi connectivity index (χ1n) is 6.99. The van der Waals surface area contributed by atoms with Crippen molar-refractivity contribution >= 4 is 5.69 Å². The molecule has 112 valence electrons. The molecule has 4 heteroatoms. The summed E-state index contributed by atoms with van der Waals surface area (Å²) in [5, 5.41) is 3.28. The zero-order valence-electron chi connectivity index (χ0n) is 12.5. The smallest absolute Gasteiger partial charge is 0.123 e. The lowest BCUT2D eigenvalue weighted by atomic mass is 10.2. The fourth-order valence-corrected chi connectivity index (χ4v) is 2.16. The minimum absolute atomic E-state index is 0.214. The zero-order valence-corrected chi connectivity index (χ0v) is 12.5. The monoisotopic (exact) mass is 288 g/mol. The second-order valence-corrected chi connectivity index (χ2v) is 4.98. The molecular formula is C17H21FN2O. The van der Waals surface area contributed by atoms with E-state index in [4.69, 9.17) is 4.74 Å². The van der Waals surface area contributed by atoms with E-state index in [1.54, 1.807) is 19.2 Å². The lowest BCUT2D eigenvalue weighted by Gasteiger charge is -2.19. The standard InChI is InChI=1S/C17H21FN2O/c1-20(13-14-5-3-4-6-17(14)21-2)12-11-19-16-9-7-15(18)8-10-16/h3-10,19H,11-13H2,1-2H3. The number of nitrogens with zero attached hydrogens (tertiary/aromatic N) is 1. The summed E-state index contributed by atoms with van der Waals surface area (Å²) >= 11 is 0. The molecule has 0 saturated carbocycles. The van der Waals surface area contributed by atoms with Crippen LogP contribution in [0.5, 0.6) is 5.75 Å². The summed E-state index contributed by atoms with van der Waals surface area (Å²) in [5.41, 5.74) is 2.10. The van der Waals surface area contributed by atoms with Gasteiger partial charge in [0.2, 0.25) is 0 Å². The van der Waals surface area contributed by atoms with Crippen LogP contribution in [0, 0.1) is 5.82 Å². The highest BCUT2D eigenvalue weighted by molar-refractivity contribution is 5.42. The summed E-state index contributed by atoms with van der Waals surface area (Å²) in [6.45, 7) is 2.52. The number of nitrogens with one attached hydrogen (secondary N) is 1. The quantitative estimate of drug-likeness (QED) is 0.845. The highest BCUT2D eigenvalue weighted by atomic mass is 19.1. The van der Waals surface area contributed by atoms with Gasteiger partial charge in [-0.3, -0.25) is 0 Å². The molecule has 0 aromatic heterocycles. The van der Waals surface area contributed by atoms with Gasteiger partial charge < -0.3 is 15.0 Å². The van der Waals surface area contributed by atoms with E-state index in [0.29, 0.717) is 0 Å². The van der Waals surface area contributed by atoms with Crippen molar-refractivity contribution in [1.29, 1.82) is 0 Å². The predicted octanol–water partition coefficient (Wildman–Crippen LogP) is 3.38. The molecule has 0 aliphatic heterocycles. The van der Waals surface area contributed by atoms with E-state index in [-0.39, 0.29) is 5.82 Å². The number of benzene rings is 2. The molecule has 0 fully saturated rings. The Labute approximate surface area is 125 Å². The Kier molecular flexibility index (Phi) is 5.58. The molecule has 2 aromatic carbocycles. The van der Waals surface area contributed by atoms with Crippen molar-refractivity contribution in [3.05, 3.63) is 59.9 Å². The summed E-state index contributed by atoms with van der Waals surface area (Å²) in [5.74, 6) is 0.699. The second-order valence-electron chi connectivity index (χ2n) is 4.98. The lowest BCUT2D eigenvalue weighted by Crippen LogP contribution is -2.25. The van der Waals surface area contributed by atoms with Crippen molar-refractivity contribution < 1.29 is 9.13 Å². The molecule has 0 spiro atoms. The zero-order chi connectivity index (χ0) is 15.1. The Morgan fingerprint density at radius 3 is 2.52 bits per heavy atom. The van der Waals surface area contributed by atoms with Crippen LogP contribution in [-0.4, -0.2) is 32.1 Å². The number of hydrogen-bond donors (Lipinski definition) is 1. The average molecular weight is 288 g/mol. The van der Waals surface area contributed by atoms with E-state index in [2.05, 4.69) is 23.3 Å². The van der Waals surface area contributed by atoms with Gasteiger partial charge in [-0.2, -0.15) is 0 Å². The maximum absolute atomic E-state index is 12.8. The van der Waals surface area contributed by atoms with E-state index in [9.17, 15) is 4.39 Å². The molecule has 21 heavy (non-hydrogen) atoms. The topological polar surface area (TPSA) is 24.5 Å². The summed E-state index contributed by atoms with van der Waals surface area (Å²) in [6.07, 6.45) is 0. The lowest BCUT2D eigenvalue weighted by molar-refractivity contribution is 0.328. The number of hydrogen-bond acceptors (Lipinski definition) is 3. The van der Waals surface area contributed by atoms with Crippen molar-refractivity contribution in [2.24, 2.45) is 0 Å². The fraction of sp³-hybridized carbons (Fsp3) is 0.294. The SMILES string of the molecule is COc1ccccc1CN(C)CCNc1ccc(F)cc1. The first kappa shape index (κ1) is 15.3. The van der Waals surface area contributed by atoms with Gasteiger partial charge in [-0.1, -0.05) is 18.2 Å². The molecule has 0 heterocycles. The molecule has 2 rings (SSSR count). The third kappa shape index (κ3) is 4.76. The number of likely N-dealkylation sites (N-methyl/N-ethyl adjacent to an activating group) is 1. The van der Waals surface area contributed by atoms with E-state index in [1.807, 2.05) is 18.2 Å². The molecule has 0 saturated heterocycles. The van der Waals surface area contributed by atoms with Crippen LogP contribution in [0.1, 0.15) is 5.56 Å². The number of halogens is 1. The second kappa shape index (κ2) is 7.64. The molecule has 0 amide bonds. The normalized spacial score (nSPS) is 10.7. The van der Waals surface area contributed by atoms with Crippen LogP contribution in [0.25, 0.3) is 0 Å². The molecule has 0 aliphatic carbocycles. The van der Waals surface area contributed by atoms with Gasteiger partial charge in [-0.25, -0.2) is 4.39 Å². The largest absolute Gasteiger partial charge is 0.496 e. The van der Waals surface area contributed by atoms with Crippen molar-refractivity contribution in [2.75, 3.05) is 32.6 Å². The number of ether oxygens (including phenoxy) is 1. The van der Waals surface area contributed by atoms with Crippen LogP contribution in [0.2, 0.25) is 0 Å². The molecule has 0 bridgehead atoms. The van der Waals surface area contributed by atoms with Crippen LogP contribution in [-0.2, 0) is 6.54 Å². The van der Waals surface area contributed by atoms with Gasteiger partial charge in [0.15, 0.2) is 0 Å². The molecule has 1 N–H and O–H groups in total. The van der Waals surface area contributed by atoms with Gasteiger partial charge >= 0.3 is 0 Å². The third-order valence-corrected chi connectivity index (χ3v) is 3.30.